The molecule has 1 amide bonds. The van der Waals surface area contributed by atoms with E-state index >= 15 is 0 Å². The summed E-state index contributed by atoms with van der Waals surface area (Å²) in [4.78, 5) is 17.4. The Bertz CT molecular complexity index is 1120. The number of nitrogens with zero attached hydrogens (tertiary/aromatic N) is 3. The van der Waals surface area contributed by atoms with Crippen LogP contribution in [0.5, 0.6) is 0 Å². The van der Waals surface area contributed by atoms with E-state index in [2.05, 4.69) is 39.4 Å². The van der Waals surface area contributed by atoms with Gasteiger partial charge in [-0.3, -0.25) is 4.79 Å². The summed E-state index contributed by atoms with van der Waals surface area (Å²) in [7, 11) is 2.02. The zero-order valence-electron chi connectivity index (χ0n) is 17.0. The highest BCUT2D eigenvalue weighted by atomic mass is 16.1. The van der Waals surface area contributed by atoms with Gasteiger partial charge in [-0.2, -0.15) is 5.26 Å². The van der Waals surface area contributed by atoms with Crippen LogP contribution < -0.4 is 10.6 Å². The molecule has 0 bridgehead atoms. The number of pyridine rings is 1. The van der Waals surface area contributed by atoms with Crippen LogP contribution in [-0.2, 0) is 7.05 Å². The highest BCUT2D eigenvalue weighted by Gasteiger charge is 2.25. The van der Waals surface area contributed by atoms with Crippen LogP contribution in [0.25, 0.3) is 11.0 Å². The number of nitrogens with one attached hydrogen (secondary N) is 2. The minimum atomic E-state index is -0.237. The molecule has 2 N–H and O–H groups in total. The molecule has 0 saturated carbocycles. The molecule has 4 rings (SSSR count). The fourth-order valence-electron chi connectivity index (χ4n) is 4.31. The topological polar surface area (TPSA) is 82.7 Å². The first-order valence-corrected chi connectivity index (χ1v) is 9.97. The van der Waals surface area contributed by atoms with Gasteiger partial charge in [-0.1, -0.05) is 6.07 Å². The fourth-order valence-corrected chi connectivity index (χ4v) is 4.31. The second kappa shape index (κ2) is 7.69. The lowest BCUT2D eigenvalue weighted by Crippen LogP contribution is -2.34. The van der Waals surface area contributed by atoms with Crippen molar-refractivity contribution in [1.29, 1.82) is 5.26 Å². The van der Waals surface area contributed by atoms with Crippen molar-refractivity contribution < 1.29 is 4.79 Å². The largest absolute Gasteiger partial charge is 0.335 e. The molecule has 1 saturated heterocycles. The van der Waals surface area contributed by atoms with Crippen molar-refractivity contribution in [2.75, 3.05) is 11.9 Å². The third kappa shape index (κ3) is 3.62. The molecule has 1 aliphatic rings. The number of piperidine rings is 1. The predicted molar refractivity (Wildman–Crippen MR) is 114 cm³/mol. The van der Waals surface area contributed by atoms with Crippen LogP contribution in [0.3, 0.4) is 0 Å². The first-order valence-electron chi connectivity index (χ1n) is 9.97. The summed E-state index contributed by atoms with van der Waals surface area (Å²) in [6.45, 7) is 5.28. The number of amides is 1. The van der Waals surface area contributed by atoms with Gasteiger partial charge in [0.25, 0.3) is 5.91 Å². The van der Waals surface area contributed by atoms with Crippen LogP contribution in [0, 0.1) is 18.3 Å². The quantitative estimate of drug-likeness (QED) is 0.715. The van der Waals surface area contributed by atoms with Crippen molar-refractivity contribution in [3.8, 4) is 6.07 Å². The Hall–Kier alpha value is -3.17. The van der Waals surface area contributed by atoms with Gasteiger partial charge in [-0.15, -0.1) is 0 Å². The molecule has 0 unspecified atom stereocenters. The second-order valence-electron chi connectivity index (χ2n) is 7.91. The molecule has 1 aromatic carbocycles. The molecular weight excluding hydrogens is 362 g/mol. The van der Waals surface area contributed by atoms with Crippen molar-refractivity contribution in [1.82, 2.24) is 14.9 Å². The molecule has 148 valence electrons. The number of anilines is 1. The third-order valence-corrected chi connectivity index (χ3v) is 5.84. The number of aromatic nitrogens is 2. The SMILES string of the molecule is Cc1c(NC(=O)c2cccc(C#N)c2)cnc2c1c([C@@H]1CCN[C@H](C)C1)cn2C. The second-order valence-corrected chi connectivity index (χ2v) is 7.91. The number of nitriles is 1. The highest BCUT2D eigenvalue weighted by Crippen LogP contribution is 2.37. The number of carbonyl (C=O) groups is 1. The van der Waals surface area contributed by atoms with E-state index in [4.69, 9.17) is 5.26 Å². The van der Waals surface area contributed by atoms with E-state index in [1.807, 2.05) is 14.0 Å². The number of hydrogen-bond acceptors (Lipinski definition) is 4. The van der Waals surface area contributed by atoms with Gasteiger partial charge >= 0.3 is 0 Å². The average Bonchev–Trinajstić information content (AvgIpc) is 3.07. The molecule has 1 aliphatic heterocycles. The van der Waals surface area contributed by atoms with Gasteiger partial charge in [0, 0.05) is 30.2 Å². The number of fused-ring (bicyclic) bond motifs is 1. The first kappa shape index (κ1) is 19.2. The van der Waals surface area contributed by atoms with Gasteiger partial charge in [0.05, 0.1) is 23.5 Å². The van der Waals surface area contributed by atoms with Gasteiger partial charge in [0.15, 0.2) is 0 Å². The van der Waals surface area contributed by atoms with Crippen LogP contribution in [0.2, 0.25) is 0 Å². The predicted octanol–water partition coefficient (Wildman–Crippen LogP) is 3.86. The maximum atomic E-state index is 12.7. The van der Waals surface area contributed by atoms with E-state index < -0.39 is 0 Å². The standard InChI is InChI=1S/C23H25N5O/c1-14-9-17(7-8-25-14)19-13-28(3)22-21(19)15(2)20(12-26-22)27-23(29)18-6-4-5-16(10-18)11-24/h4-6,10,12-14,17,25H,7-9H2,1-3H3,(H,27,29)/t14-,17-/m1/s1. The van der Waals surface area contributed by atoms with Crippen LogP contribution in [0.4, 0.5) is 5.69 Å². The van der Waals surface area contributed by atoms with Gasteiger partial charge in [-0.05, 0) is 68.5 Å². The Morgan fingerprint density at radius 1 is 1.41 bits per heavy atom. The molecule has 6 heteroatoms. The Morgan fingerprint density at radius 2 is 2.24 bits per heavy atom. The van der Waals surface area contributed by atoms with E-state index in [9.17, 15) is 4.79 Å². The molecule has 29 heavy (non-hydrogen) atoms. The van der Waals surface area contributed by atoms with E-state index in [0.29, 0.717) is 28.8 Å². The Labute approximate surface area is 170 Å². The molecule has 3 aromatic rings. The fraction of sp³-hybridized carbons (Fsp3) is 0.348. The van der Waals surface area contributed by atoms with Crippen molar-refractivity contribution in [2.45, 2.75) is 38.6 Å². The minimum absolute atomic E-state index is 0.237. The molecule has 0 spiro atoms. The van der Waals surface area contributed by atoms with Gasteiger partial charge in [0.2, 0.25) is 0 Å². The third-order valence-electron chi connectivity index (χ3n) is 5.84. The molecular formula is C23H25N5O. The maximum Gasteiger partial charge on any atom is 0.255 e. The lowest BCUT2D eigenvalue weighted by molar-refractivity contribution is 0.102. The maximum absolute atomic E-state index is 12.7. The molecule has 0 aliphatic carbocycles. The summed E-state index contributed by atoms with van der Waals surface area (Å²) in [6.07, 6.45) is 6.10. The smallest absolute Gasteiger partial charge is 0.255 e. The summed E-state index contributed by atoms with van der Waals surface area (Å²) < 4.78 is 2.08. The Balaban J connectivity index is 1.71. The highest BCUT2D eigenvalue weighted by molar-refractivity contribution is 6.06. The first-order chi connectivity index (χ1) is 14.0. The van der Waals surface area contributed by atoms with Crippen LogP contribution >= 0.6 is 0 Å². The van der Waals surface area contributed by atoms with Crippen LogP contribution in [0.1, 0.15) is 52.7 Å². The van der Waals surface area contributed by atoms with E-state index in [1.165, 1.54) is 5.56 Å². The lowest BCUT2D eigenvalue weighted by Gasteiger charge is -2.28. The molecule has 2 aromatic heterocycles. The lowest BCUT2D eigenvalue weighted by atomic mass is 9.86. The normalized spacial score (nSPS) is 19.1. The molecule has 2 atom stereocenters. The van der Waals surface area contributed by atoms with E-state index in [1.54, 1.807) is 30.5 Å². The number of benzene rings is 1. The summed E-state index contributed by atoms with van der Waals surface area (Å²) in [5.41, 5.74) is 4.91. The van der Waals surface area contributed by atoms with Crippen molar-refractivity contribution >= 4 is 22.6 Å². The Kier molecular flexibility index (Phi) is 5.08. The van der Waals surface area contributed by atoms with Gasteiger partial charge < -0.3 is 15.2 Å². The number of rotatable bonds is 3. The van der Waals surface area contributed by atoms with Gasteiger partial charge in [0.1, 0.15) is 5.65 Å². The van der Waals surface area contributed by atoms with Crippen LogP contribution in [0.15, 0.2) is 36.7 Å². The van der Waals surface area contributed by atoms with Crippen molar-refractivity contribution in [2.24, 2.45) is 7.05 Å². The minimum Gasteiger partial charge on any atom is -0.335 e. The van der Waals surface area contributed by atoms with Crippen molar-refractivity contribution in [3.05, 3.63) is 58.9 Å². The summed E-state index contributed by atoms with van der Waals surface area (Å²) in [5, 5.41) is 16.7. The van der Waals surface area contributed by atoms with E-state index in [-0.39, 0.29) is 5.91 Å². The zero-order chi connectivity index (χ0) is 20.5. The number of carbonyl (C=O) groups excluding carboxylic acids is 1. The number of aryl methyl sites for hydroxylation is 2. The average molecular weight is 387 g/mol. The van der Waals surface area contributed by atoms with Crippen LogP contribution in [-0.4, -0.2) is 28.0 Å². The molecule has 0 radical (unpaired) electrons. The molecule has 1 fully saturated rings. The molecule has 6 nitrogen and oxygen atoms in total. The summed E-state index contributed by atoms with van der Waals surface area (Å²) in [6, 6.07) is 9.28. The Morgan fingerprint density at radius 3 is 3.00 bits per heavy atom. The number of hydrogen-bond donors (Lipinski definition) is 2. The monoisotopic (exact) mass is 387 g/mol. The summed E-state index contributed by atoms with van der Waals surface area (Å²) in [5.74, 6) is 0.244. The van der Waals surface area contributed by atoms with Gasteiger partial charge in [-0.25, -0.2) is 4.98 Å². The van der Waals surface area contributed by atoms with Crippen molar-refractivity contribution in [3.63, 3.8) is 0 Å². The summed E-state index contributed by atoms with van der Waals surface area (Å²) >= 11 is 0. The zero-order valence-corrected chi connectivity index (χ0v) is 17.0. The van der Waals surface area contributed by atoms with E-state index in [0.717, 1.165) is 36.0 Å². The molecule has 3 heterocycles.